The summed E-state index contributed by atoms with van der Waals surface area (Å²) in [5.74, 6) is 0.398. The number of esters is 1. The minimum absolute atomic E-state index is 0.0662. The SMILES string of the molecule is CC(=O)OCCCN(C)Cc1ccc([C@H]2CC[C@H](N(C)C(=O)c3ccc(Cl)cc3)CC2)cc1. The van der Waals surface area contributed by atoms with E-state index in [0.29, 0.717) is 23.1 Å². The largest absolute Gasteiger partial charge is 0.466 e. The highest BCUT2D eigenvalue weighted by Crippen LogP contribution is 2.35. The number of halogens is 1. The Morgan fingerprint density at radius 3 is 2.21 bits per heavy atom. The van der Waals surface area contributed by atoms with Crippen LogP contribution in [-0.4, -0.2) is 55.0 Å². The molecule has 1 aliphatic rings. The van der Waals surface area contributed by atoms with E-state index in [0.717, 1.165) is 45.2 Å². The molecule has 0 bridgehead atoms. The molecular weight excluding hydrogens is 436 g/mol. The van der Waals surface area contributed by atoms with E-state index in [1.165, 1.54) is 18.1 Å². The van der Waals surface area contributed by atoms with Crippen LogP contribution in [0.15, 0.2) is 48.5 Å². The molecule has 33 heavy (non-hydrogen) atoms. The molecule has 3 rings (SSSR count). The number of nitrogens with zero attached hydrogens (tertiary/aromatic N) is 2. The molecule has 0 aromatic heterocycles. The predicted octanol–water partition coefficient (Wildman–Crippen LogP) is 5.52. The number of hydrogen-bond acceptors (Lipinski definition) is 4. The van der Waals surface area contributed by atoms with Crippen LogP contribution in [-0.2, 0) is 16.1 Å². The fourth-order valence-corrected chi connectivity index (χ4v) is 4.72. The van der Waals surface area contributed by atoms with E-state index < -0.39 is 0 Å². The lowest BCUT2D eigenvalue weighted by Crippen LogP contribution is -2.39. The topological polar surface area (TPSA) is 49.9 Å². The zero-order chi connectivity index (χ0) is 23.8. The van der Waals surface area contributed by atoms with Gasteiger partial charge in [-0.3, -0.25) is 9.59 Å². The molecule has 0 atom stereocenters. The first-order valence-electron chi connectivity index (χ1n) is 11.8. The van der Waals surface area contributed by atoms with Crippen molar-refractivity contribution in [2.45, 2.75) is 57.5 Å². The van der Waals surface area contributed by atoms with Gasteiger partial charge in [-0.25, -0.2) is 0 Å². The van der Waals surface area contributed by atoms with Crippen molar-refractivity contribution >= 4 is 23.5 Å². The summed E-state index contributed by atoms with van der Waals surface area (Å²) in [6.45, 7) is 3.69. The Morgan fingerprint density at radius 1 is 0.970 bits per heavy atom. The van der Waals surface area contributed by atoms with Gasteiger partial charge in [-0.05, 0) is 80.5 Å². The van der Waals surface area contributed by atoms with E-state index in [-0.39, 0.29) is 17.9 Å². The second kappa shape index (κ2) is 12.2. The van der Waals surface area contributed by atoms with Crippen LogP contribution >= 0.6 is 11.6 Å². The third-order valence-corrected chi connectivity index (χ3v) is 6.80. The Kier molecular flexibility index (Phi) is 9.33. The lowest BCUT2D eigenvalue weighted by molar-refractivity contribution is -0.141. The molecule has 0 unspecified atom stereocenters. The second-order valence-electron chi connectivity index (χ2n) is 9.10. The first-order valence-corrected chi connectivity index (χ1v) is 12.1. The summed E-state index contributed by atoms with van der Waals surface area (Å²) in [7, 11) is 4.00. The number of amides is 1. The minimum atomic E-state index is -0.220. The molecule has 1 amide bonds. The molecule has 1 fully saturated rings. The number of carbonyl (C=O) groups is 2. The van der Waals surface area contributed by atoms with Crippen LogP contribution in [0, 0.1) is 0 Å². The molecule has 2 aromatic rings. The van der Waals surface area contributed by atoms with Crippen LogP contribution < -0.4 is 0 Å². The van der Waals surface area contributed by atoms with E-state index in [9.17, 15) is 9.59 Å². The zero-order valence-electron chi connectivity index (χ0n) is 19.9. The first-order chi connectivity index (χ1) is 15.8. The van der Waals surface area contributed by atoms with E-state index in [1.807, 2.05) is 11.9 Å². The van der Waals surface area contributed by atoms with Gasteiger partial charge in [0, 0.05) is 43.7 Å². The summed E-state index contributed by atoms with van der Waals surface area (Å²) in [5, 5.41) is 0.645. The summed E-state index contributed by atoms with van der Waals surface area (Å²) >= 11 is 5.95. The van der Waals surface area contributed by atoms with Crippen LogP contribution in [0.2, 0.25) is 5.02 Å². The number of benzene rings is 2. The maximum atomic E-state index is 12.8. The smallest absolute Gasteiger partial charge is 0.302 e. The maximum absolute atomic E-state index is 12.8. The summed E-state index contributed by atoms with van der Waals surface area (Å²) in [6.07, 6.45) is 5.07. The summed E-state index contributed by atoms with van der Waals surface area (Å²) < 4.78 is 5.00. The Labute approximate surface area is 202 Å². The molecule has 178 valence electrons. The quantitative estimate of drug-likeness (QED) is 0.357. The molecule has 0 heterocycles. The van der Waals surface area contributed by atoms with Crippen LogP contribution in [0.5, 0.6) is 0 Å². The van der Waals surface area contributed by atoms with Crippen molar-refractivity contribution in [3.63, 3.8) is 0 Å². The third-order valence-electron chi connectivity index (χ3n) is 6.55. The Hall–Kier alpha value is -2.37. The standard InChI is InChI=1S/C27H35ClN2O3/c1-20(31)33-18-4-17-29(2)19-21-5-7-22(8-6-21)23-11-15-26(16-12-23)30(3)27(32)24-9-13-25(28)14-10-24/h5-10,13-14,23,26H,4,11-12,15-19H2,1-3H3/t23-,26-. The van der Waals surface area contributed by atoms with Crippen molar-refractivity contribution in [3.05, 3.63) is 70.2 Å². The van der Waals surface area contributed by atoms with Gasteiger partial charge in [0.05, 0.1) is 6.61 Å². The predicted molar refractivity (Wildman–Crippen MR) is 133 cm³/mol. The normalized spacial score (nSPS) is 18.2. The van der Waals surface area contributed by atoms with Crippen molar-refractivity contribution in [1.29, 1.82) is 0 Å². The fraction of sp³-hybridized carbons (Fsp3) is 0.481. The van der Waals surface area contributed by atoms with Crippen LogP contribution in [0.4, 0.5) is 0 Å². The van der Waals surface area contributed by atoms with Gasteiger partial charge in [0.1, 0.15) is 0 Å². The highest BCUT2D eigenvalue weighted by molar-refractivity contribution is 6.30. The van der Waals surface area contributed by atoms with Crippen molar-refractivity contribution in [2.24, 2.45) is 0 Å². The Balaban J connectivity index is 1.45. The monoisotopic (exact) mass is 470 g/mol. The summed E-state index contributed by atoms with van der Waals surface area (Å²) in [4.78, 5) is 27.8. The van der Waals surface area contributed by atoms with Gasteiger partial charge in [-0.2, -0.15) is 0 Å². The Bertz CT molecular complexity index is 906. The molecular formula is C27H35ClN2O3. The number of hydrogen-bond donors (Lipinski definition) is 0. The lowest BCUT2D eigenvalue weighted by atomic mass is 9.81. The van der Waals surface area contributed by atoms with E-state index in [2.05, 4.69) is 36.2 Å². The van der Waals surface area contributed by atoms with Gasteiger partial charge in [0.2, 0.25) is 0 Å². The van der Waals surface area contributed by atoms with Crippen LogP contribution in [0.25, 0.3) is 0 Å². The molecule has 0 aliphatic heterocycles. The average molecular weight is 471 g/mol. The molecule has 1 saturated carbocycles. The first kappa shape index (κ1) is 25.3. The van der Waals surface area contributed by atoms with E-state index in [1.54, 1.807) is 24.3 Å². The van der Waals surface area contributed by atoms with Crippen LogP contribution in [0.3, 0.4) is 0 Å². The molecule has 2 aromatic carbocycles. The molecule has 1 aliphatic carbocycles. The second-order valence-corrected chi connectivity index (χ2v) is 9.54. The molecule has 0 radical (unpaired) electrons. The van der Waals surface area contributed by atoms with E-state index in [4.69, 9.17) is 16.3 Å². The van der Waals surface area contributed by atoms with Gasteiger partial charge in [0.25, 0.3) is 5.91 Å². The number of ether oxygens (including phenoxy) is 1. The van der Waals surface area contributed by atoms with Gasteiger partial charge in [-0.15, -0.1) is 0 Å². The summed E-state index contributed by atoms with van der Waals surface area (Å²) in [5.41, 5.74) is 3.37. The zero-order valence-corrected chi connectivity index (χ0v) is 20.7. The average Bonchev–Trinajstić information content (AvgIpc) is 2.82. The lowest BCUT2D eigenvalue weighted by Gasteiger charge is -2.35. The molecule has 0 spiro atoms. The molecule has 5 nitrogen and oxygen atoms in total. The van der Waals surface area contributed by atoms with Crippen molar-refractivity contribution in [3.8, 4) is 0 Å². The van der Waals surface area contributed by atoms with Crippen molar-refractivity contribution in [1.82, 2.24) is 9.80 Å². The Morgan fingerprint density at radius 2 is 1.61 bits per heavy atom. The highest BCUT2D eigenvalue weighted by atomic mass is 35.5. The minimum Gasteiger partial charge on any atom is -0.466 e. The molecule has 6 heteroatoms. The van der Waals surface area contributed by atoms with Gasteiger partial charge in [0.15, 0.2) is 0 Å². The van der Waals surface area contributed by atoms with Crippen molar-refractivity contribution in [2.75, 3.05) is 27.2 Å². The fourth-order valence-electron chi connectivity index (χ4n) is 4.59. The van der Waals surface area contributed by atoms with Crippen molar-refractivity contribution < 1.29 is 14.3 Å². The van der Waals surface area contributed by atoms with Gasteiger partial charge in [-0.1, -0.05) is 35.9 Å². The number of rotatable bonds is 9. The highest BCUT2D eigenvalue weighted by Gasteiger charge is 2.27. The third kappa shape index (κ3) is 7.58. The number of carbonyl (C=O) groups excluding carboxylic acids is 2. The van der Waals surface area contributed by atoms with E-state index >= 15 is 0 Å². The summed E-state index contributed by atoms with van der Waals surface area (Å²) in [6, 6.07) is 16.4. The van der Waals surface area contributed by atoms with Gasteiger partial charge >= 0.3 is 5.97 Å². The molecule has 0 saturated heterocycles. The van der Waals surface area contributed by atoms with Gasteiger partial charge < -0.3 is 14.5 Å². The molecule has 0 N–H and O–H groups in total. The maximum Gasteiger partial charge on any atom is 0.302 e. The van der Waals surface area contributed by atoms with Crippen LogP contribution in [0.1, 0.15) is 66.4 Å².